The van der Waals surface area contributed by atoms with E-state index >= 15 is 0 Å². The number of thiophene rings is 2. The van der Waals surface area contributed by atoms with Gasteiger partial charge in [-0.15, -0.1) is 29.3 Å². The maximum absolute atomic E-state index is 3.84. The van der Waals surface area contributed by atoms with Crippen LogP contribution in [-0.2, 0) is 0 Å². The smallest absolute Gasteiger partial charge is 0.0454 e. The van der Waals surface area contributed by atoms with Crippen LogP contribution in [0.25, 0.3) is 9.40 Å². The van der Waals surface area contributed by atoms with Gasteiger partial charge in [0, 0.05) is 20.3 Å². The second kappa shape index (κ2) is 5.62. The molecule has 2 rings (SSSR count). The third-order valence-corrected chi connectivity index (χ3v) is 4.75. The normalized spacial score (nSPS) is 13.1. The van der Waals surface area contributed by atoms with E-state index in [1.165, 1.54) is 20.7 Å². The van der Waals surface area contributed by atoms with Crippen LogP contribution < -0.4 is 5.32 Å². The Kier molecular flexibility index (Phi) is 4.16. The van der Waals surface area contributed by atoms with E-state index in [0.717, 1.165) is 13.0 Å². The van der Waals surface area contributed by atoms with E-state index in [-0.39, 0.29) is 0 Å². The van der Waals surface area contributed by atoms with Gasteiger partial charge in [0.05, 0.1) is 0 Å². The molecule has 0 saturated carbocycles. The molecule has 0 fully saturated rings. The molecule has 1 N–H and O–H groups in total. The van der Waals surface area contributed by atoms with Gasteiger partial charge in [-0.2, -0.15) is 0 Å². The van der Waals surface area contributed by atoms with Gasteiger partial charge in [-0.3, -0.25) is 0 Å². The minimum atomic E-state index is 0.446. The fourth-order valence-corrected chi connectivity index (χ4v) is 3.95. The summed E-state index contributed by atoms with van der Waals surface area (Å²) in [7, 11) is 0. The Hall–Kier alpha value is -0.640. The van der Waals surface area contributed by atoms with Crippen LogP contribution in [0, 0.1) is 0 Å². The van der Waals surface area contributed by atoms with Crippen molar-refractivity contribution in [3.05, 3.63) is 35.0 Å². The van der Waals surface area contributed by atoms with Crippen molar-refractivity contribution < 1.29 is 0 Å². The summed E-state index contributed by atoms with van der Waals surface area (Å²) in [5, 5.41) is 5.74. The minimum Gasteiger partial charge on any atom is -0.309 e. The van der Waals surface area contributed by atoms with Crippen LogP contribution in [0.15, 0.2) is 30.2 Å². The Morgan fingerprint density at radius 3 is 3.06 bits per heavy atom. The lowest BCUT2D eigenvalue weighted by Gasteiger charge is -2.14. The molecule has 0 spiro atoms. The van der Waals surface area contributed by atoms with Crippen molar-refractivity contribution >= 4 is 32.1 Å². The molecule has 0 radical (unpaired) electrons. The first kappa shape index (κ1) is 11.8. The van der Waals surface area contributed by atoms with Gasteiger partial charge in [0.15, 0.2) is 0 Å². The molecular weight excluding hydrogens is 234 g/mol. The molecule has 0 amide bonds. The second-order valence-corrected chi connectivity index (χ2v) is 5.89. The summed E-state index contributed by atoms with van der Waals surface area (Å²) in [6, 6.07) is 4.97. The Morgan fingerprint density at radius 1 is 1.50 bits per heavy atom. The van der Waals surface area contributed by atoms with Crippen LogP contribution in [0.5, 0.6) is 0 Å². The van der Waals surface area contributed by atoms with E-state index in [1.54, 1.807) is 0 Å². The Labute approximate surface area is 105 Å². The third-order valence-electron chi connectivity index (χ3n) is 2.54. The summed E-state index contributed by atoms with van der Waals surface area (Å²) in [6.45, 7) is 7.12. The van der Waals surface area contributed by atoms with Crippen LogP contribution in [-0.4, -0.2) is 6.54 Å². The van der Waals surface area contributed by atoms with Crippen LogP contribution in [0.4, 0.5) is 0 Å². The van der Waals surface area contributed by atoms with Crippen LogP contribution in [0.3, 0.4) is 0 Å². The lowest BCUT2D eigenvalue weighted by atomic mass is 10.1. The molecule has 2 heterocycles. The number of fused-ring (bicyclic) bond motifs is 1. The van der Waals surface area contributed by atoms with E-state index in [1.807, 2.05) is 28.7 Å². The predicted octanol–water partition coefficient (Wildman–Crippen LogP) is 4.58. The molecule has 0 saturated heterocycles. The molecule has 1 unspecified atom stereocenters. The summed E-state index contributed by atoms with van der Waals surface area (Å²) in [6.07, 6.45) is 4.18. The molecule has 86 valence electrons. The van der Waals surface area contributed by atoms with E-state index in [2.05, 4.69) is 36.3 Å². The average molecular weight is 251 g/mol. The summed E-state index contributed by atoms with van der Waals surface area (Å²) in [4.78, 5) is 1.44. The van der Waals surface area contributed by atoms with Crippen LogP contribution in [0.1, 0.15) is 30.7 Å². The first-order chi connectivity index (χ1) is 7.85. The molecule has 16 heavy (non-hydrogen) atoms. The standard InChI is InChI=1S/C13H17NS2/c1-3-5-10(14-7-4-2)12-9-13-11(16-12)6-8-15-13/h3,6,8-10,14H,1,4-5,7H2,2H3. The molecule has 0 bridgehead atoms. The Morgan fingerprint density at radius 2 is 2.38 bits per heavy atom. The van der Waals surface area contributed by atoms with Gasteiger partial charge >= 0.3 is 0 Å². The first-order valence-electron chi connectivity index (χ1n) is 5.66. The van der Waals surface area contributed by atoms with Crippen molar-refractivity contribution in [2.24, 2.45) is 0 Å². The Bertz CT molecular complexity index is 427. The molecule has 0 aliphatic rings. The molecule has 1 nitrogen and oxygen atoms in total. The maximum atomic E-state index is 3.84. The molecular formula is C13H17NS2. The highest BCUT2D eigenvalue weighted by atomic mass is 32.1. The number of nitrogens with one attached hydrogen (secondary N) is 1. The lowest BCUT2D eigenvalue weighted by molar-refractivity contribution is 0.545. The van der Waals surface area contributed by atoms with Crippen molar-refractivity contribution in [1.29, 1.82) is 0 Å². The fraction of sp³-hybridized carbons (Fsp3) is 0.385. The molecule has 2 aromatic rings. The van der Waals surface area contributed by atoms with Gasteiger partial charge < -0.3 is 5.32 Å². The zero-order valence-corrected chi connectivity index (χ0v) is 11.2. The number of hydrogen-bond acceptors (Lipinski definition) is 3. The number of hydrogen-bond donors (Lipinski definition) is 1. The monoisotopic (exact) mass is 251 g/mol. The SMILES string of the molecule is C=CCC(NCCC)c1cc2sccc2s1. The van der Waals surface area contributed by atoms with E-state index in [0.29, 0.717) is 6.04 Å². The Balaban J connectivity index is 2.17. The largest absolute Gasteiger partial charge is 0.309 e. The van der Waals surface area contributed by atoms with E-state index in [9.17, 15) is 0 Å². The zero-order chi connectivity index (χ0) is 11.4. The highest BCUT2D eigenvalue weighted by Gasteiger charge is 2.12. The van der Waals surface area contributed by atoms with E-state index < -0.39 is 0 Å². The lowest BCUT2D eigenvalue weighted by Crippen LogP contribution is -2.20. The topological polar surface area (TPSA) is 12.0 Å². The second-order valence-electron chi connectivity index (χ2n) is 3.83. The average Bonchev–Trinajstić information content (AvgIpc) is 2.84. The molecule has 2 aromatic heterocycles. The van der Waals surface area contributed by atoms with Crippen molar-refractivity contribution in [3.8, 4) is 0 Å². The molecule has 0 aromatic carbocycles. The van der Waals surface area contributed by atoms with Crippen molar-refractivity contribution in [2.75, 3.05) is 6.54 Å². The highest BCUT2D eigenvalue weighted by Crippen LogP contribution is 2.34. The summed E-state index contributed by atoms with van der Waals surface area (Å²) >= 11 is 3.73. The van der Waals surface area contributed by atoms with Gasteiger partial charge in [-0.1, -0.05) is 13.0 Å². The molecule has 1 atom stereocenters. The predicted molar refractivity (Wildman–Crippen MR) is 75.6 cm³/mol. The van der Waals surface area contributed by atoms with Crippen LogP contribution in [0.2, 0.25) is 0 Å². The molecule has 3 heteroatoms. The van der Waals surface area contributed by atoms with Crippen LogP contribution >= 0.6 is 22.7 Å². The first-order valence-corrected chi connectivity index (χ1v) is 7.36. The quantitative estimate of drug-likeness (QED) is 0.741. The van der Waals surface area contributed by atoms with Crippen molar-refractivity contribution in [2.45, 2.75) is 25.8 Å². The molecule has 0 aliphatic heterocycles. The van der Waals surface area contributed by atoms with Gasteiger partial charge in [0.25, 0.3) is 0 Å². The summed E-state index contributed by atoms with van der Waals surface area (Å²) in [5.41, 5.74) is 0. The summed E-state index contributed by atoms with van der Waals surface area (Å²) < 4.78 is 2.82. The van der Waals surface area contributed by atoms with E-state index in [4.69, 9.17) is 0 Å². The van der Waals surface area contributed by atoms with Gasteiger partial charge in [0.2, 0.25) is 0 Å². The van der Waals surface area contributed by atoms with Gasteiger partial charge in [-0.05, 0) is 36.9 Å². The third kappa shape index (κ3) is 2.54. The maximum Gasteiger partial charge on any atom is 0.0454 e. The fourth-order valence-electron chi connectivity index (χ4n) is 1.74. The zero-order valence-electron chi connectivity index (χ0n) is 9.53. The van der Waals surface area contributed by atoms with Gasteiger partial charge in [0.1, 0.15) is 0 Å². The minimum absolute atomic E-state index is 0.446. The summed E-state index contributed by atoms with van der Waals surface area (Å²) in [5.74, 6) is 0. The number of rotatable bonds is 6. The van der Waals surface area contributed by atoms with Crippen molar-refractivity contribution in [3.63, 3.8) is 0 Å². The van der Waals surface area contributed by atoms with Gasteiger partial charge in [-0.25, -0.2) is 0 Å². The highest BCUT2D eigenvalue weighted by molar-refractivity contribution is 7.26. The van der Waals surface area contributed by atoms with Crippen molar-refractivity contribution in [1.82, 2.24) is 5.32 Å². The molecule has 0 aliphatic carbocycles.